The van der Waals surface area contributed by atoms with E-state index in [1.165, 1.54) is 35.7 Å². The van der Waals surface area contributed by atoms with Crippen LogP contribution in [0, 0.1) is 5.82 Å². The van der Waals surface area contributed by atoms with Crippen LogP contribution in [-0.2, 0) is 34.2 Å². The molecular weight excluding hydrogens is 411 g/mol. The number of halogens is 1. The lowest BCUT2D eigenvalue weighted by Gasteiger charge is -2.29. The van der Waals surface area contributed by atoms with Gasteiger partial charge in [-0.3, -0.25) is 4.79 Å². The van der Waals surface area contributed by atoms with Gasteiger partial charge >= 0.3 is 0 Å². The number of ether oxygens (including phenoxy) is 2. The third-order valence-corrected chi connectivity index (χ3v) is 6.86. The molecule has 0 unspecified atom stereocenters. The average molecular weight is 437 g/mol. The van der Waals surface area contributed by atoms with Crippen LogP contribution in [0.2, 0.25) is 0 Å². The number of carbonyl (C=O) groups excluding carboxylic acids is 1. The molecule has 0 spiro atoms. The van der Waals surface area contributed by atoms with Gasteiger partial charge in [-0.15, -0.1) is 0 Å². The van der Waals surface area contributed by atoms with E-state index in [0.717, 1.165) is 11.1 Å². The maximum atomic E-state index is 12.9. The summed E-state index contributed by atoms with van der Waals surface area (Å²) in [6.45, 7) is 0.632. The molecule has 0 radical (unpaired) electrons. The zero-order valence-corrected chi connectivity index (χ0v) is 17.8. The fourth-order valence-electron chi connectivity index (χ4n) is 3.39. The molecule has 162 valence electrons. The summed E-state index contributed by atoms with van der Waals surface area (Å²) in [6.07, 6.45) is 0.644. The summed E-state index contributed by atoms with van der Waals surface area (Å²) in [4.78, 5) is 12.0. The Morgan fingerprint density at radius 3 is 2.37 bits per heavy atom. The zero-order chi connectivity index (χ0) is 21.7. The molecule has 2 aromatic rings. The molecule has 0 saturated carbocycles. The molecule has 3 rings (SSSR count). The molecule has 0 saturated heterocycles. The van der Waals surface area contributed by atoms with Gasteiger partial charge in [0.1, 0.15) is 5.82 Å². The van der Waals surface area contributed by atoms with E-state index < -0.39 is 10.0 Å². The van der Waals surface area contributed by atoms with Crippen LogP contribution in [0.3, 0.4) is 0 Å². The second-order valence-electron chi connectivity index (χ2n) is 7.03. The maximum Gasteiger partial charge on any atom is 0.224 e. The molecule has 0 aliphatic carbocycles. The lowest BCUT2D eigenvalue weighted by Crippen LogP contribution is -2.40. The molecule has 0 aromatic heterocycles. The molecule has 1 N–H and O–H groups in total. The third-order valence-electron chi connectivity index (χ3n) is 5.04. The van der Waals surface area contributed by atoms with Crippen molar-refractivity contribution in [2.45, 2.75) is 19.4 Å². The van der Waals surface area contributed by atoms with Gasteiger partial charge in [-0.1, -0.05) is 12.1 Å². The van der Waals surface area contributed by atoms with Crippen molar-refractivity contribution >= 4 is 15.9 Å². The highest BCUT2D eigenvalue weighted by Gasteiger charge is 2.27. The van der Waals surface area contributed by atoms with Crippen molar-refractivity contribution in [1.82, 2.24) is 9.62 Å². The maximum absolute atomic E-state index is 12.9. The van der Waals surface area contributed by atoms with Crippen molar-refractivity contribution in [3.8, 4) is 11.5 Å². The monoisotopic (exact) mass is 436 g/mol. The van der Waals surface area contributed by atoms with Gasteiger partial charge in [-0.25, -0.2) is 12.8 Å². The van der Waals surface area contributed by atoms with Crippen LogP contribution < -0.4 is 14.8 Å². The number of methoxy groups -OCH3 is 2. The number of fused-ring (bicyclic) bond motifs is 1. The summed E-state index contributed by atoms with van der Waals surface area (Å²) in [6, 6.07) is 9.31. The first-order valence-corrected chi connectivity index (χ1v) is 11.2. The number of nitrogens with zero attached hydrogens (tertiary/aromatic N) is 1. The van der Waals surface area contributed by atoms with E-state index in [-0.39, 0.29) is 37.0 Å². The van der Waals surface area contributed by atoms with Crippen molar-refractivity contribution in [3.63, 3.8) is 0 Å². The first-order valence-electron chi connectivity index (χ1n) is 9.55. The summed E-state index contributed by atoms with van der Waals surface area (Å²) < 4.78 is 50.4. The number of carbonyl (C=O) groups is 1. The lowest BCUT2D eigenvalue weighted by molar-refractivity contribution is -0.120. The summed E-state index contributed by atoms with van der Waals surface area (Å²) >= 11 is 0. The third kappa shape index (κ3) is 5.28. The molecule has 0 fully saturated rings. The molecule has 1 aliphatic rings. The Morgan fingerprint density at radius 1 is 1.10 bits per heavy atom. The topological polar surface area (TPSA) is 84.9 Å². The molecule has 2 aromatic carbocycles. The number of rotatable bonds is 8. The summed E-state index contributed by atoms with van der Waals surface area (Å²) in [5, 5.41) is 2.62. The molecule has 0 atom stereocenters. The van der Waals surface area contributed by atoms with Crippen LogP contribution in [-0.4, -0.2) is 51.7 Å². The Bertz CT molecular complexity index is 1010. The minimum Gasteiger partial charge on any atom is -0.493 e. The van der Waals surface area contributed by atoms with E-state index in [1.807, 2.05) is 6.07 Å². The normalized spacial score (nSPS) is 14.1. The Hall–Kier alpha value is -2.65. The predicted octanol–water partition coefficient (Wildman–Crippen LogP) is 1.89. The molecule has 1 heterocycles. The molecule has 30 heavy (non-hydrogen) atoms. The van der Waals surface area contributed by atoms with Crippen LogP contribution >= 0.6 is 0 Å². The van der Waals surface area contributed by atoms with Crippen LogP contribution in [0.4, 0.5) is 4.39 Å². The van der Waals surface area contributed by atoms with Gasteiger partial charge in [0.25, 0.3) is 0 Å². The number of hydrogen-bond donors (Lipinski definition) is 1. The minimum absolute atomic E-state index is 0.0116. The highest BCUT2D eigenvalue weighted by atomic mass is 32.2. The zero-order valence-electron chi connectivity index (χ0n) is 17.0. The van der Waals surface area contributed by atoms with Gasteiger partial charge < -0.3 is 14.8 Å². The summed E-state index contributed by atoms with van der Waals surface area (Å²) in [5.41, 5.74) is 2.57. The number of sulfonamides is 1. The van der Waals surface area contributed by atoms with Gasteiger partial charge in [0.2, 0.25) is 15.9 Å². The van der Waals surface area contributed by atoms with E-state index in [0.29, 0.717) is 30.0 Å². The number of amides is 1. The lowest BCUT2D eigenvalue weighted by atomic mass is 10.0. The minimum atomic E-state index is -3.54. The number of nitrogens with one attached hydrogen (secondary N) is 1. The standard InChI is InChI=1S/C21H25FN2O5S/c1-28-19-12-16-7-9-24(14-17(16)13-20(19)29-2)30(26,27)10-8-23-21(25)11-15-3-5-18(22)6-4-15/h3-6,12-13H,7-11,14H2,1-2H3,(H,23,25). The smallest absolute Gasteiger partial charge is 0.224 e. The molecule has 1 amide bonds. The first kappa shape index (κ1) is 22.0. The molecule has 1 aliphatic heterocycles. The SMILES string of the molecule is COc1cc2c(cc1OC)CN(S(=O)(=O)CCNC(=O)Cc1ccc(F)cc1)CC2. The van der Waals surface area contributed by atoms with E-state index in [2.05, 4.69) is 5.32 Å². The largest absolute Gasteiger partial charge is 0.493 e. The van der Waals surface area contributed by atoms with Crippen LogP contribution in [0.25, 0.3) is 0 Å². The van der Waals surface area contributed by atoms with E-state index in [4.69, 9.17) is 9.47 Å². The van der Waals surface area contributed by atoms with E-state index >= 15 is 0 Å². The van der Waals surface area contributed by atoms with Crippen molar-refractivity contribution in [3.05, 3.63) is 58.9 Å². The van der Waals surface area contributed by atoms with Gasteiger partial charge in [-0.2, -0.15) is 4.31 Å². The Kier molecular flexibility index (Phi) is 6.94. The van der Waals surface area contributed by atoms with Gasteiger partial charge in [0.15, 0.2) is 11.5 Å². The van der Waals surface area contributed by atoms with E-state index in [9.17, 15) is 17.6 Å². The van der Waals surface area contributed by atoms with Crippen molar-refractivity contribution in [2.75, 3.05) is 33.1 Å². The highest BCUT2D eigenvalue weighted by molar-refractivity contribution is 7.89. The predicted molar refractivity (Wildman–Crippen MR) is 111 cm³/mol. The molecule has 0 bridgehead atoms. The molecule has 7 nitrogen and oxygen atoms in total. The molecule has 9 heteroatoms. The average Bonchev–Trinajstić information content (AvgIpc) is 2.73. The summed E-state index contributed by atoms with van der Waals surface area (Å²) in [5.74, 6) is 0.312. The second-order valence-corrected chi connectivity index (χ2v) is 9.12. The van der Waals surface area contributed by atoms with Gasteiger partial charge in [-0.05, 0) is 47.4 Å². The van der Waals surface area contributed by atoms with Gasteiger partial charge in [0, 0.05) is 19.6 Å². The highest BCUT2D eigenvalue weighted by Crippen LogP contribution is 2.33. The van der Waals surface area contributed by atoms with Crippen LogP contribution in [0.15, 0.2) is 36.4 Å². The molecular formula is C21H25FN2O5S. The number of benzene rings is 2. The first-order chi connectivity index (χ1) is 14.3. The van der Waals surface area contributed by atoms with Crippen LogP contribution in [0.1, 0.15) is 16.7 Å². The Balaban J connectivity index is 1.56. The van der Waals surface area contributed by atoms with E-state index in [1.54, 1.807) is 13.2 Å². The Morgan fingerprint density at radius 2 is 1.73 bits per heavy atom. The van der Waals surface area contributed by atoms with Crippen molar-refractivity contribution < 1.29 is 27.1 Å². The fourth-order valence-corrected chi connectivity index (χ4v) is 4.72. The fraction of sp³-hybridized carbons (Fsp3) is 0.381. The second kappa shape index (κ2) is 9.44. The van der Waals surface area contributed by atoms with Crippen molar-refractivity contribution in [2.24, 2.45) is 0 Å². The van der Waals surface area contributed by atoms with Crippen molar-refractivity contribution in [1.29, 1.82) is 0 Å². The van der Waals surface area contributed by atoms with Crippen LogP contribution in [0.5, 0.6) is 11.5 Å². The number of hydrogen-bond acceptors (Lipinski definition) is 5. The Labute approximate surface area is 175 Å². The van der Waals surface area contributed by atoms with Gasteiger partial charge in [0.05, 0.1) is 26.4 Å². The summed E-state index contributed by atoms with van der Waals surface area (Å²) in [7, 11) is -0.437. The quantitative estimate of drug-likeness (QED) is 0.683.